The van der Waals surface area contributed by atoms with E-state index in [0.717, 1.165) is 40.9 Å². The normalized spacial score (nSPS) is 10.9. The molecule has 0 atom stereocenters. The summed E-state index contributed by atoms with van der Waals surface area (Å²) in [5.41, 5.74) is 5.30. The number of halogens is 1. The standard InChI is InChI=1S/C24H23ClN4/c1-3-26-23-22-20(14-19(25)15-21(22)28-24(29-23)27-4-2)18-12-10-17(11-13-18)16-8-6-5-7-9-16/h5-15H,3-4H2,1-2H3,(H2,26,27,28,29). The Kier molecular flexibility index (Phi) is 5.63. The minimum absolute atomic E-state index is 0.601. The Morgan fingerprint density at radius 2 is 1.41 bits per heavy atom. The molecule has 4 aromatic rings. The van der Waals surface area contributed by atoms with Gasteiger partial charge in [-0.1, -0.05) is 66.2 Å². The van der Waals surface area contributed by atoms with E-state index in [1.165, 1.54) is 11.1 Å². The average molecular weight is 403 g/mol. The molecule has 1 aromatic heterocycles. The molecule has 4 nitrogen and oxygen atoms in total. The van der Waals surface area contributed by atoms with Crippen molar-refractivity contribution in [1.29, 1.82) is 0 Å². The topological polar surface area (TPSA) is 49.8 Å². The summed E-state index contributed by atoms with van der Waals surface area (Å²) in [5.74, 6) is 1.41. The van der Waals surface area contributed by atoms with Crippen LogP contribution in [0.4, 0.5) is 11.8 Å². The van der Waals surface area contributed by atoms with E-state index < -0.39 is 0 Å². The molecule has 0 saturated heterocycles. The monoisotopic (exact) mass is 402 g/mol. The molecule has 2 N–H and O–H groups in total. The first-order valence-corrected chi connectivity index (χ1v) is 10.2. The number of hydrogen-bond acceptors (Lipinski definition) is 4. The molecule has 146 valence electrons. The fourth-order valence-electron chi connectivity index (χ4n) is 3.46. The molecule has 3 aromatic carbocycles. The summed E-state index contributed by atoms with van der Waals surface area (Å²) < 4.78 is 0. The van der Waals surface area contributed by atoms with Crippen molar-refractivity contribution in [3.8, 4) is 22.3 Å². The Balaban J connectivity index is 1.86. The highest BCUT2D eigenvalue weighted by atomic mass is 35.5. The minimum Gasteiger partial charge on any atom is -0.370 e. The second kappa shape index (κ2) is 8.50. The van der Waals surface area contributed by atoms with Crippen molar-refractivity contribution in [3.05, 3.63) is 71.8 Å². The molecule has 0 saturated carbocycles. The lowest BCUT2D eigenvalue weighted by atomic mass is 9.97. The van der Waals surface area contributed by atoms with Gasteiger partial charge >= 0.3 is 0 Å². The van der Waals surface area contributed by atoms with Gasteiger partial charge in [-0.25, -0.2) is 4.98 Å². The fraction of sp³-hybridized carbons (Fsp3) is 0.167. The first-order chi connectivity index (χ1) is 14.2. The maximum atomic E-state index is 6.46. The summed E-state index contributed by atoms with van der Waals surface area (Å²) in [5, 5.41) is 8.21. The zero-order chi connectivity index (χ0) is 20.2. The Labute approximate surface area is 176 Å². The van der Waals surface area contributed by atoms with Gasteiger partial charge in [-0.2, -0.15) is 4.98 Å². The van der Waals surface area contributed by atoms with E-state index in [2.05, 4.69) is 76.1 Å². The van der Waals surface area contributed by atoms with Crippen molar-refractivity contribution in [2.75, 3.05) is 23.7 Å². The first kappa shape index (κ1) is 19.2. The van der Waals surface area contributed by atoms with Crippen LogP contribution in [-0.4, -0.2) is 23.1 Å². The molecular weight excluding hydrogens is 380 g/mol. The molecule has 0 spiro atoms. The molecule has 1 heterocycles. The van der Waals surface area contributed by atoms with Gasteiger partial charge in [0.1, 0.15) is 5.82 Å². The fourth-order valence-corrected chi connectivity index (χ4v) is 3.68. The number of hydrogen-bond donors (Lipinski definition) is 2. The number of benzene rings is 3. The van der Waals surface area contributed by atoms with Crippen LogP contribution in [0.2, 0.25) is 5.02 Å². The summed E-state index contributed by atoms with van der Waals surface area (Å²) in [4.78, 5) is 9.36. The van der Waals surface area contributed by atoms with E-state index in [1.807, 2.05) is 25.1 Å². The number of rotatable bonds is 6. The molecule has 5 heteroatoms. The largest absolute Gasteiger partial charge is 0.370 e. The lowest BCUT2D eigenvalue weighted by Gasteiger charge is -2.15. The van der Waals surface area contributed by atoms with Crippen LogP contribution in [-0.2, 0) is 0 Å². The third-order valence-electron chi connectivity index (χ3n) is 4.75. The number of anilines is 2. The van der Waals surface area contributed by atoms with Gasteiger partial charge in [-0.15, -0.1) is 0 Å². The van der Waals surface area contributed by atoms with Gasteiger partial charge < -0.3 is 10.6 Å². The van der Waals surface area contributed by atoms with Gasteiger partial charge in [0.05, 0.1) is 10.9 Å². The second-order valence-electron chi connectivity index (χ2n) is 6.75. The highest BCUT2D eigenvalue weighted by molar-refractivity contribution is 6.32. The van der Waals surface area contributed by atoms with Gasteiger partial charge in [0.25, 0.3) is 0 Å². The molecule has 0 unspecified atom stereocenters. The molecular formula is C24H23ClN4. The second-order valence-corrected chi connectivity index (χ2v) is 7.18. The third-order valence-corrected chi connectivity index (χ3v) is 4.96. The van der Waals surface area contributed by atoms with Crippen LogP contribution in [0.3, 0.4) is 0 Å². The molecule has 29 heavy (non-hydrogen) atoms. The quantitative estimate of drug-likeness (QED) is 0.387. The summed E-state index contributed by atoms with van der Waals surface area (Å²) in [6.07, 6.45) is 0. The zero-order valence-corrected chi connectivity index (χ0v) is 17.3. The minimum atomic E-state index is 0.601. The smallest absolute Gasteiger partial charge is 0.225 e. The molecule has 0 bridgehead atoms. The third kappa shape index (κ3) is 4.03. The van der Waals surface area contributed by atoms with Crippen molar-refractivity contribution < 1.29 is 0 Å². The van der Waals surface area contributed by atoms with Crippen molar-refractivity contribution in [2.45, 2.75) is 13.8 Å². The van der Waals surface area contributed by atoms with E-state index in [0.29, 0.717) is 11.0 Å². The first-order valence-electron chi connectivity index (χ1n) is 9.84. The van der Waals surface area contributed by atoms with E-state index in [4.69, 9.17) is 11.6 Å². The van der Waals surface area contributed by atoms with Crippen LogP contribution in [0, 0.1) is 0 Å². The number of fused-ring (bicyclic) bond motifs is 1. The number of aromatic nitrogens is 2. The highest BCUT2D eigenvalue weighted by Gasteiger charge is 2.14. The summed E-state index contributed by atoms with van der Waals surface area (Å²) in [7, 11) is 0. The maximum absolute atomic E-state index is 6.46. The van der Waals surface area contributed by atoms with Gasteiger partial charge in [-0.05, 0) is 48.2 Å². The molecule has 0 aliphatic rings. The van der Waals surface area contributed by atoms with Crippen LogP contribution >= 0.6 is 11.6 Å². The summed E-state index contributed by atoms with van der Waals surface area (Å²) in [6.45, 7) is 5.61. The zero-order valence-electron chi connectivity index (χ0n) is 16.5. The van der Waals surface area contributed by atoms with Crippen LogP contribution in [0.5, 0.6) is 0 Å². The van der Waals surface area contributed by atoms with Crippen molar-refractivity contribution >= 4 is 34.3 Å². The van der Waals surface area contributed by atoms with Crippen LogP contribution < -0.4 is 10.6 Å². The highest BCUT2D eigenvalue weighted by Crippen LogP contribution is 2.36. The summed E-state index contributed by atoms with van der Waals surface area (Å²) in [6, 6.07) is 22.8. The Bertz CT molecular complexity index is 1130. The average Bonchev–Trinajstić information content (AvgIpc) is 2.74. The lowest BCUT2D eigenvalue weighted by molar-refractivity contribution is 1.09. The Morgan fingerprint density at radius 3 is 2.10 bits per heavy atom. The summed E-state index contributed by atoms with van der Waals surface area (Å²) >= 11 is 6.46. The van der Waals surface area contributed by atoms with E-state index in [1.54, 1.807) is 0 Å². The van der Waals surface area contributed by atoms with E-state index in [9.17, 15) is 0 Å². The Hall–Kier alpha value is -3.11. The van der Waals surface area contributed by atoms with E-state index >= 15 is 0 Å². The molecule has 0 radical (unpaired) electrons. The number of nitrogens with one attached hydrogen (secondary N) is 2. The molecule has 4 rings (SSSR count). The molecule has 0 aliphatic carbocycles. The van der Waals surface area contributed by atoms with Crippen molar-refractivity contribution in [1.82, 2.24) is 9.97 Å². The van der Waals surface area contributed by atoms with E-state index in [-0.39, 0.29) is 0 Å². The Morgan fingerprint density at radius 1 is 0.759 bits per heavy atom. The SMILES string of the molecule is CCNc1nc(NCC)c2c(-c3ccc(-c4ccccc4)cc3)cc(Cl)cc2n1. The lowest BCUT2D eigenvalue weighted by Crippen LogP contribution is -2.07. The van der Waals surface area contributed by atoms with Gasteiger partial charge in [-0.3, -0.25) is 0 Å². The predicted octanol–water partition coefficient (Wildman–Crippen LogP) is 6.48. The predicted molar refractivity (Wildman–Crippen MR) is 124 cm³/mol. The maximum Gasteiger partial charge on any atom is 0.225 e. The van der Waals surface area contributed by atoms with Crippen molar-refractivity contribution in [3.63, 3.8) is 0 Å². The van der Waals surface area contributed by atoms with Crippen molar-refractivity contribution in [2.24, 2.45) is 0 Å². The van der Waals surface area contributed by atoms with Crippen LogP contribution in [0.15, 0.2) is 66.7 Å². The molecule has 0 amide bonds. The van der Waals surface area contributed by atoms with Crippen LogP contribution in [0.25, 0.3) is 33.2 Å². The van der Waals surface area contributed by atoms with Gasteiger partial charge in [0, 0.05) is 18.1 Å². The number of nitrogens with zero attached hydrogens (tertiary/aromatic N) is 2. The molecule has 0 fully saturated rings. The van der Waals surface area contributed by atoms with Gasteiger partial charge in [0.15, 0.2) is 0 Å². The molecule has 0 aliphatic heterocycles. The van der Waals surface area contributed by atoms with Gasteiger partial charge in [0.2, 0.25) is 5.95 Å². The van der Waals surface area contributed by atoms with Crippen LogP contribution in [0.1, 0.15) is 13.8 Å².